The maximum Gasteiger partial charge on any atom is 0.158 e. The van der Waals surface area contributed by atoms with Crippen LogP contribution in [-0.2, 0) is 5.41 Å². The molecule has 0 fully saturated rings. The summed E-state index contributed by atoms with van der Waals surface area (Å²) >= 11 is 0. The average molecular weight is 259 g/mol. The van der Waals surface area contributed by atoms with Gasteiger partial charge in [-0.25, -0.2) is 9.67 Å². The Balaban J connectivity index is 2.73. The summed E-state index contributed by atoms with van der Waals surface area (Å²) in [7, 11) is 0. The van der Waals surface area contributed by atoms with Gasteiger partial charge in [0.05, 0.1) is 5.69 Å². The topological polar surface area (TPSA) is 30.7 Å². The van der Waals surface area contributed by atoms with Crippen LogP contribution in [0.25, 0.3) is 11.0 Å². The zero-order valence-corrected chi connectivity index (χ0v) is 13.2. The Labute approximate surface area is 116 Å². The van der Waals surface area contributed by atoms with Gasteiger partial charge >= 0.3 is 0 Å². The van der Waals surface area contributed by atoms with Gasteiger partial charge in [0.25, 0.3) is 0 Å². The van der Waals surface area contributed by atoms with Gasteiger partial charge in [0.15, 0.2) is 5.65 Å². The molecule has 0 unspecified atom stereocenters. The van der Waals surface area contributed by atoms with E-state index in [0.717, 1.165) is 17.0 Å². The first-order valence-corrected chi connectivity index (χ1v) is 7.11. The highest BCUT2D eigenvalue weighted by molar-refractivity contribution is 5.79. The lowest BCUT2D eigenvalue weighted by molar-refractivity contribution is 0.529. The van der Waals surface area contributed by atoms with Crippen LogP contribution in [0.5, 0.6) is 0 Å². The number of nitrogens with zero attached hydrogens (tertiary/aromatic N) is 3. The lowest BCUT2D eigenvalue weighted by Gasteiger charge is -2.18. The van der Waals surface area contributed by atoms with Crippen LogP contribution in [0.3, 0.4) is 0 Å². The number of aromatic nitrogens is 3. The molecule has 104 valence electrons. The largest absolute Gasteiger partial charge is 0.244 e. The van der Waals surface area contributed by atoms with Crippen LogP contribution < -0.4 is 0 Å². The van der Waals surface area contributed by atoms with Crippen molar-refractivity contribution in [2.75, 3.05) is 0 Å². The summed E-state index contributed by atoms with van der Waals surface area (Å²) in [6.07, 6.45) is 0. The summed E-state index contributed by atoms with van der Waals surface area (Å²) in [6, 6.07) is 4.66. The fraction of sp³-hybridized carbons (Fsp3) is 0.625. The first-order valence-electron chi connectivity index (χ1n) is 7.11. The first kappa shape index (κ1) is 14.0. The van der Waals surface area contributed by atoms with Crippen molar-refractivity contribution in [3.63, 3.8) is 0 Å². The van der Waals surface area contributed by atoms with E-state index in [9.17, 15) is 0 Å². The molecule has 0 saturated carbocycles. The third kappa shape index (κ3) is 2.51. The monoisotopic (exact) mass is 259 g/mol. The van der Waals surface area contributed by atoms with E-state index in [2.05, 4.69) is 65.3 Å². The predicted molar refractivity (Wildman–Crippen MR) is 80.7 cm³/mol. The van der Waals surface area contributed by atoms with Crippen LogP contribution >= 0.6 is 0 Å². The molecule has 2 rings (SSSR count). The smallest absolute Gasteiger partial charge is 0.158 e. The fourth-order valence-corrected chi connectivity index (χ4v) is 2.24. The van der Waals surface area contributed by atoms with Crippen LogP contribution in [0.15, 0.2) is 12.1 Å². The Morgan fingerprint density at radius 2 is 1.68 bits per heavy atom. The summed E-state index contributed by atoms with van der Waals surface area (Å²) in [5.74, 6) is 0.421. The zero-order valence-electron chi connectivity index (χ0n) is 13.2. The third-order valence-corrected chi connectivity index (χ3v) is 3.39. The van der Waals surface area contributed by atoms with Gasteiger partial charge in [0.1, 0.15) is 0 Å². The molecule has 19 heavy (non-hydrogen) atoms. The van der Waals surface area contributed by atoms with E-state index in [1.165, 1.54) is 5.39 Å². The average Bonchev–Trinajstić information content (AvgIpc) is 2.66. The van der Waals surface area contributed by atoms with Gasteiger partial charge in [-0.2, -0.15) is 5.10 Å². The number of fused-ring (bicyclic) bond motifs is 1. The molecule has 0 aliphatic rings. The molecule has 0 spiro atoms. The Kier molecular flexibility index (Phi) is 3.41. The zero-order chi connectivity index (χ0) is 14.4. The molecule has 0 radical (unpaired) electrons. The van der Waals surface area contributed by atoms with Crippen LogP contribution in [-0.4, -0.2) is 14.8 Å². The standard InChI is InChI=1S/C16H25N3/c1-10(2)14-12-8-9-13(16(5,6)7)17-15(12)19(18-14)11(3)4/h8-11H,1-7H3. The van der Waals surface area contributed by atoms with Gasteiger partial charge in [0.2, 0.25) is 0 Å². The van der Waals surface area contributed by atoms with E-state index in [1.54, 1.807) is 0 Å². The summed E-state index contributed by atoms with van der Waals surface area (Å²) in [6.45, 7) is 15.3. The summed E-state index contributed by atoms with van der Waals surface area (Å²) in [4.78, 5) is 4.87. The predicted octanol–water partition coefficient (Wildman–Crippen LogP) is 4.43. The quantitative estimate of drug-likeness (QED) is 0.798. The summed E-state index contributed by atoms with van der Waals surface area (Å²) in [5.41, 5.74) is 3.36. The van der Waals surface area contributed by atoms with Crippen molar-refractivity contribution in [1.82, 2.24) is 14.8 Å². The SMILES string of the molecule is CC(C)c1nn(C(C)C)c2nc(C(C)(C)C)ccc12. The molecule has 3 nitrogen and oxygen atoms in total. The molecular formula is C16H25N3. The van der Waals surface area contributed by atoms with Gasteiger partial charge in [-0.05, 0) is 31.9 Å². The van der Waals surface area contributed by atoms with E-state index in [1.807, 2.05) is 0 Å². The van der Waals surface area contributed by atoms with E-state index in [-0.39, 0.29) is 5.41 Å². The van der Waals surface area contributed by atoms with Crippen molar-refractivity contribution in [2.45, 2.75) is 65.8 Å². The van der Waals surface area contributed by atoms with Crippen LogP contribution in [0.2, 0.25) is 0 Å². The van der Waals surface area contributed by atoms with Gasteiger partial charge in [-0.15, -0.1) is 0 Å². The van der Waals surface area contributed by atoms with Gasteiger partial charge in [0, 0.05) is 22.5 Å². The third-order valence-electron chi connectivity index (χ3n) is 3.39. The van der Waals surface area contributed by atoms with Gasteiger partial charge in [-0.1, -0.05) is 34.6 Å². The molecule has 2 heterocycles. The summed E-state index contributed by atoms with van der Waals surface area (Å²) in [5, 5.41) is 5.96. The fourth-order valence-electron chi connectivity index (χ4n) is 2.24. The maximum atomic E-state index is 4.87. The second-order valence-electron chi connectivity index (χ2n) is 6.90. The van der Waals surface area contributed by atoms with Crippen molar-refractivity contribution in [3.05, 3.63) is 23.5 Å². The van der Waals surface area contributed by atoms with Crippen molar-refractivity contribution in [1.29, 1.82) is 0 Å². The van der Waals surface area contributed by atoms with Crippen LogP contribution in [0.1, 0.15) is 71.8 Å². The number of hydrogen-bond donors (Lipinski definition) is 0. The highest BCUT2D eigenvalue weighted by Gasteiger charge is 2.20. The molecule has 0 amide bonds. The minimum atomic E-state index is 0.0677. The Morgan fingerprint density at radius 3 is 2.16 bits per heavy atom. The normalized spacial score (nSPS) is 12.9. The summed E-state index contributed by atoms with van der Waals surface area (Å²) < 4.78 is 2.06. The van der Waals surface area contributed by atoms with Crippen molar-refractivity contribution >= 4 is 11.0 Å². The molecule has 0 bridgehead atoms. The van der Waals surface area contributed by atoms with Crippen LogP contribution in [0, 0.1) is 0 Å². The Bertz CT molecular complexity index is 586. The lowest BCUT2D eigenvalue weighted by Crippen LogP contribution is -2.14. The number of hydrogen-bond acceptors (Lipinski definition) is 2. The molecule has 2 aromatic rings. The van der Waals surface area contributed by atoms with Gasteiger partial charge < -0.3 is 0 Å². The highest BCUT2D eigenvalue weighted by Crippen LogP contribution is 2.29. The molecule has 0 aliphatic carbocycles. The Morgan fingerprint density at radius 1 is 1.05 bits per heavy atom. The lowest BCUT2D eigenvalue weighted by atomic mass is 9.91. The second kappa shape index (κ2) is 4.62. The molecule has 0 N–H and O–H groups in total. The second-order valence-corrected chi connectivity index (χ2v) is 6.90. The van der Waals surface area contributed by atoms with E-state index >= 15 is 0 Å². The molecule has 3 heteroatoms. The van der Waals surface area contributed by atoms with Gasteiger partial charge in [-0.3, -0.25) is 0 Å². The van der Waals surface area contributed by atoms with E-state index in [0.29, 0.717) is 12.0 Å². The van der Waals surface area contributed by atoms with Crippen molar-refractivity contribution in [3.8, 4) is 0 Å². The van der Waals surface area contributed by atoms with Crippen LogP contribution in [0.4, 0.5) is 0 Å². The minimum Gasteiger partial charge on any atom is -0.244 e. The highest BCUT2D eigenvalue weighted by atomic mass is 15.3. The molecule has 0 saturated heterocycles. The molecular weight excluding hydrogens is 234 g/mol. The maximum absolute atomic E-state index is 4.87. The molecule has 0 aromatic carbocycles. The van der Waals surface area contributed by atoms with E-state index in [4.69, 9.17) is 10.1 Å². The van der Waals surface area contributed by atoms with Crippen molar-refractivity contribution in [2.24, 2.45) is 0 Å². The Hall–Kier alpha value is -1.38. The minimum absolute atomic E-state index is 0.0677. The number of pyridine rings is 1. The number of rotatable bonds is 2. The molecule has 2 aromatic heterocycles. The van der Waals surface area contributed by atoms with Crippen molar-refractivity contribution < 1.29 is 0 Å². The first-order chi connectivity index (χ1) is 8.71. The molecule has 0 atom stereocenters. The molecule has 0 aliphatic heterocycles. The van der Waals surface area contributed by atoms with E-state index < -0.39 is 0 Å².